The Morgan fingerprint density at radius 3 is 2.80 bits per heavy atom. The Morgan fingerprint density at radius 1 is 1.30 bits per heavy atom. The Labute approximate surface area is 128 Å². The van der Waals surface area contributed by atoms with E-state index >= 15 is 0 Å². The van der Waals surface area contributed by atoms with Gasteiger partial charge in [-0.2, -0.15) is 0 Å². The number of benzene rings is 1. The summed E-state index contributed by atoms with van der Waals surface area (Å²) in [4.78, 5) is 11.9. The van der Waals surface area contributed by atoms with E-state index in [9.17, 15) is 4.79 Å². The Balaban J connectivity index is 1.49. The average molecular weight is 314 g/mol. The minimum Gasteiger partial charge on any atom is -0.482 e. The highest BCUT2D eigenvalue weighted by molar-refractivity contribution is 6.35. The van der Waals surface area contributed by atoms with Crippen molar-refractivity contribution < 1.29 is 9.53 Å². The maximum atomic E-state index is 11.9. The summed E-state index contributed by atoms with van der Waals surface area (Å²) < 4.78 is 5.44. The average Bonchev–Trinajstić information content (AvgIpc) is 3.00. The number of hydrogen-bond acceptors (Lipinski definition) is 2. The van der Waals surface area contributed by atoms with E-state index in [4.69, 9.17) is 27.9 Å². The van der Waals surface area contributed by atoms with Crippen LogP contribution in [0.15, 0.2) is 18.2 Å². The van der Waals surface area contributed by atoms with E-state index in [1.54, 1.807) is 18.2 Å². The molecule has 0 heterocycles. The molecule has 20 heavy (non-hydrogen) atoms. The Kier molecular flexibility index (Phi) is 4.08. The predicted molar refractivity (Wildman–Crippen MR) is 79.3 cm³/mol. The van der Waals surface area contributed by atoms with E-state index < -0.39 is 0 Å². The Hall–Kier alpha value is -0.930. The number of halogens is 2. The number of carbonyl (C=O) groups excluding carboxylic acids is 1. The van der Waals surface area contributed by atoms with Crippen LogP contribution in [0.3, 0.4) is 0 Å². The molecule has 2 saturated carbocycles. The highest BCUT2D eigenvalue weighted by Crippen LogP contribution is 2.44. The maximum absolute atomic E-state index is 11.9. The van der Waals surface area contributed by atoms with Gasteiger partial charge in [0.25, 0.3) is 5.91 Å². The molecule has 2 bridgehead atoms. The van der Waals surface area contributed by atoms with Crippen molar-refractivity contribution in [2.75, 3.05) is 6.61 Å². The second kappa shape index (κ2) is 5.82. The van der Waals surface area contributed by atoms with Gasteiger partial charge in [0.05, 0.1) is 5.02 Å². The number of fused-ring (bicyclic) bond motifs is 2. The highest BCUT2D eigenvalue weighted by Gasteiger charge is 2.40. The molecular weight excluding hydrogens is 297 g/mol. The van der Waals surface area contributed by atoms with Crippen molar-refractivity contribution >= 4 is 29.1 Å². The second-order valence-electron chi connectivity index (χ2n) is 5.71. The first-order chi connectivity index (χ1) is 9.61. The number of rotatable bonds is 4. The largest absolute Gasteiger partial charge is 0.482 e. The van der Waals surface area contributed by atoms with Crippen molar-refractivity contribution in [3.63, 3.8) is 0 Å². The van der Waals surface area contributed by atoms with Crippen LogP contribution in [0.1, 0.15) is 25.7 Å². The molecule has 2 fully saturated rings. The molecule has 1 amide bonds. The van der Waals surface area contributed by atoms with Crippen LogP contribution in [0.2, 0.25) is 10.0 Å². The first kappa shape index (κ1) is 14.0. The normalized spacial score (nSPS) is 27.6. The number of ether oxygens (including phenoxy) is 1. The smallest absolute Gasteiger partial charge is 0.258 e. The van der Waals surface area contributed by atoms with Gasteiger partial charge in [0.1, 0.15) is 5.75 Å². The van der Waals surface area contributed by atoms with Crippen LogP contribution < -0.4 is 10.1 Å². The van der Waals surface area contributed by atoms with Gasteiger partial charge in [-0.3, -0.25) is 4.79 Å². The predicted octanol–water partition coefficient (Wildman–Crippen LogP) is 3.68. The molecule has 1 N–H and O–H groups in total. The number of amides is 1. The summed E-state index contributed by atoms with van der Waals surface area (Å²) in [6.45, 7) is -0.00472. The fourth-order valence-corrected chi connectivity index (χ4v) is 3.87. The third-order valence-electron chi connectivity index (χ3n) is 4.34. The molecule has 2 aliphatic carbocycles. The summed E-state index contributed by atoms with van der Waals surface area (Å²) in [6.07, 6.45) is 4.97. The van der Waals surface area contributed by atoms with Gasteiger partial charge in [0.2, 0.25) is 0 Å². The summed E-state index contributed by atoms with van der Waals surface area (Å²) in [5, 5.41) is 4.05. The van der Waals surface area contributed by atoms with Crippen molar-refractivity contribution in [3.05, 3.63) is 28.2 Å². The van der Waals surface area contributed by atoms with Crippen molar-refractivity contribution in [1.29, 1.82) is 0 Å². The zero-order chi connectivity index (χ0) is 14.1. The molecule has 0 spiro atoms. The van der Waals surface area contributed by atoms with Crippen molar-refractivity contribution in [2.24, 2.45) is 11.8 Å². The maximum Gasteiger partial charge on any atom is 0.258 e. The summed E-state index contributed by atoms with van der Waals surface area (Å²) in [7, 11) is 0. The van der Waals surface area contributed by atoms with Crippen LogP contribution in [0.5, 0.6) is 5.75 Å². The van der Waals surface area contributed by atoms with Gasteiger partial charge >= 0.3 is 0 Å². The van der Waals surface area contributed by atoms with E-state index in [1.807, 2.05) is 0 Å². The molecule has 0 unspecified atom stereocenters. The molecule has 3 rings (SSSR count). The minimum absolute atomic E-state index is 0.00472. The topological polar surface area (TPSA) is 38.3 Å². The van der Waals surface area contributed by atoms with Gasteiger partial charge in [0, 0.05) is 11.1 Å². The molecule has 108 valence electrons. The number of nitrogens with one attached hydrogen (secondary N) is 1. The quantitative estimate of drug-likeness (QED) is 0.921. The van der Waals surface area contributed by atoms with Crippen LogP contribution in [-0.4, -0.2) is 18.6 Å². The zero-order valence-corrected chi connectivity index (χ0v) is 12.6. The van der Waals surface area contributed by atoms with Gasteiger partial charge in [-0.25, -0.2) is 0 Å². The third kappa shape index (κ3) is 3.04. The Morgan fingerprint density at radius 2 is 2.15 bits per heavy atom. The van der Waals surface area contributed by atoms with Crippen LogP contribution in [-0.2, 0) is 4.79 Å². The van der Waals surface area contributed by atoms with E-state index in [1.165, 1.54) is 19.3 Å². The van der Waals surface area contributed by atoms with Crippen molar-refractivity contribution in [1.82, 2.24) is 5.32 Å². The van der Waals surface area contributed by atoms with Crippen LogP contribution in [0, 0.1) is 11.8 Å². The molecule has 5 heteroatoms. The van der Waals surface area contributed by atoms with Gasteiger partial charge in [-0.1, -0.05) is 29.6 Å². The third-order valence-corrected chi connectivity index (χ3v) is 4.87. The molecule has 0 radical (unpaired) electrons. The molecular formula is C15H17Cl2NO2. The van der Waals surface area contributed by atoms with E-state index in [-0.39, 0.29) is 12.5 Å². The molecule has 1 aromatic carbocycles. The number of hydrogen-bond donors (Lipinski definition) is 1. The molecule has 0 aromatic heterocycles. The van der Waals surface area contributed by atoms with Crippen molar-refractivity contribution in [2.45, 2.75) is 31.7 Å². The molecule has 0 aliphatic heterocycles. The molecule has 2 aliphatic rings. The summed E-state index contributed by atoms with van der Waals surface area (Å²) >= 11 is 11.8. The van der Waals surface area contributed by atoms with Crippen molar-refractivity contribution in [3.8, 4) is 5.75 Å². The van der Waals surface area contributed by atoms with Gasteiger partial charge in [0.15, 0.2) is 6.61 Å². The van der Waals surface area contributed by atoms with E-state index in [0.29, 0.717) is 27.8 Å². The van der Waals surface area contributed by atoms with Gasteiger partial charge in [-0.05, 0) is 49.3 Å². The van der Waals surface area contributed by atoms with E-state index in [2.05, 4.69) is 5.32 Å². The highest BCUT2D eigenvalue weighted by atomic mass is 35.5. The first-order valence-corrected chi connectivity index (χ1v) is 7.74. The lowest BCUT2D eigenvalue weighted by molar-refractivity contribution is -0.124. The fraction of sp³-hybridized carbons (Fsp3) is 0.533. The van der Waals surface area contributed by atoms with Gasteiger partial charge in [-0.15, -0.1) is 0 Å². The van der Waals surface area contributed by atoms with Gasteiger partial charge < -0.3 is 10.1 Å². The first-order valence-electron chi connectivity index (χ1n) is 6.99. The van der Waals surface area contributed by atoms with Crippen LogP contribution >= 0.6 is 23.2 Å². The molecule has 3 nitrogen and oxygen atoms in total. The summed E-state index contributed by atoms with van der Waals surface area (Å²) in [6, 6.07) is 5.31. The second-order valence-corrected chi connectivity index (χ2v) is 6.56. The molecule has 3 atom stereocenters. The molecule has 1 aromatic rings. The SMILES string of the molecule is O=C(COc1ccc(Cl)cc1Cl)N[C@@H]1C[C@@H]2CC[C@H]1C2. The number of carbonyl (C=O) groups is 1. The lowest BCUT2D eigenvalue weighted by Gasteiger charge is -2.22. The zero-order valence-electron chi connectivity index (χ0n) is 11.1. The molecule has 0 saturated heterocycles. The van der Waals surface area contributed by atoms with Crippen LogP contribution in [0.25, 0.3) is 0 Å². The lowest BCUT2D eigenvalue weighted by Crippen LogP contribution is -2.40. The lowest BCUT2D eigenvalue weighted by atomic mass is 9.95. The minimum atomic E-state index is -0.0754. The standard InChI is InChI=1S/C15H17Cl2NO2/c16-11-3-4-14(12(17)7-11)20-8-15(19)18-13-6-9-1-2-10(13)5-9/h3-4,7,9-10,13H,1-2,5-6,8H2,(H,18,19)/t9-,10+,13-/m1/s1. The fourth-order valence-electron chi connectivity index (χ4n) is 3.41. The summed E-state index contributed by atoms with van der Waals surface area (Å²) in [5.41, 5.74) is 0. The Bertz CT molecular complexity index is 521. The monoisotopic (exact) mass is 313 g/mol. The van der Waals surface area contributed by atoms with E-state index in [0.717, 1.165) is 12.3 Å². The van der Waals surface area contributed by atoms with Crippen LogP contribution in [0.4, 0.5) is 0 Å². The summed E-state index contributed by atoms with van der Waals surface area (Å²) in [5.74, 6) is 1.90.